The topological polar surface area (TPSA) is 175 Å². The molecule has 2 aliphatic rings. The van der Waals surface area contributed by atoms with Crippen LogP contribution >= 0.6 is 21.6 Å². The lowest BCUT2D eigenvalue weighted by atomic mass is 9.99. The van der Waals surface area contributed by atoms with Crippen molar-refractivity contribution in [1.29, 1.82) is 0 Å². The van der Waals surface area contributed by atoms with Gasteiger partial charge in [0.1, 0.15) is 30.2 Å². The van der Waals surface area contributed by atoms with E-state index in [1.165, 1.54) is 21.6 Å². The Hall–Kier alpha value is -3.26. The second kappa shape index (κ2) is 15.8. The van der Waals surface area contributed by atoms with Crippen molar-refractivity contribution >= 4 is 57.0 Å². The van der Waals surface area contributed by atoms with Crippen LogP contribution in [0.15, 0.2) is 30.3 Å². The molecule has 230 valence electrons. The van der Waals surface area contributed by atoms with Gasteiger partial charge in [0.15, 0.2) is 0 Å². The average molecular weight is 621 g/mol. The summed E-state index contributed by atoms with van der Waals surface area (Å²) in [5, 5.41) is 16.3. The van der Waals surface area contributed by atoms with E-state index in [2.05, 4.69) is 31.9 Å². The smallest absolute Gasteiger partial charge is 0.244 e. The van der Waals surface area contributed by atoms with Gasteiger partial charge in [-0.15, -0.1) is 0 Å². The molecule has 0 aliphatic carbocycles. The van der Waals surface area contributed by atoms with Crippen molar-refractivity contribution in [2.45, 2.75) is 70.7 Å². The van der Waals surface area contributed by atoms with Gasteiger partial charge in [-0.25, -0.2) is 0 Å². The first-order chi connectivity index (χ1) is 20.0. The van der Waals surface area contributed by atoms with Crippen molar-refractivity contribution in [1.82, 2.24) is 31.9 Å². The largest absolute Gasteiger partial charge is 0.353 e. The standard InChI is InChI=1S/C28H40N6O6S2/c1-15(2)22-27(39)32-20-14-42-41-11-10-29-24(36)19(13-21(35)33-22)31-28(40)23(16(3)4)34-25(37)18(30-26(20)38)12-17-8-6-5-7-9-17/h5-9,15-16,18-20,22-23H,10-14H2,1-4H3,(H,29,36)(H,30,38)(H,31,40)(H,32,39)(H,33,35)(H,34,37)/t18-,19-,20+,22+,23-/m0/s1. The summed E-state index contributed by atoms with van der Waals surface area (Å²) in [6.45, 7) is 7.23. The van der Waals surface area contributed by atoms with Crippen LogP contribution in [-0.4, -0.2) is 83.7 Å². The van der Waals surface area contributed by atoms with Gasteiger partial charge in [0.05, 0.1) is 6.42 Å². The molecule has 0 saturated carbocycles. The number of amides is 6. The van der Waals surface area contributed by atoms with Crippen molar-refractivity contribution in [2.24, 2.45) is 11.8 Å². The second-order valence-electron chi connectivity index (χ2n) is 11.0. The Morgan fingerprint density at radius 1 is 0.690 bits per heavy atom. The second-order valence-corrected chi connectivity index (χ2v) is 13.6. The van der Waals surface area contributed by atoms with Gasteiger partial charge in [-0.05, 0) is 17.4 Å². The van der Waals surface area contributed by atoms with Crippen molar-refractivity contribution in [2.75, 3.05) is 18.1 Å². The molecule has 2 heterocycles. The van der Waals surface area contributed by atoms with Gasteiger partial charge in [-0.2, -0.15) is 0 Å². The van der Waals surface area contributed by atoms with Crippen LogP contribution in [0.4, 0.5) is 0 Å². The van der Waals surface area contributed by atoms with E-state index in [9.17, 15) is 28.8 Å². The quantitative estimate of drug-likeness (QED) is 0.253. The van der Waals surface area contributed by atoms with Crippen LogP contribution in [-0.2, 0) is 35.2 Å². The zero-order chi connectivity index (χ0) is 30.8. The molecule has 3 rings (SSSR count). The molecule has 2 aliphatic heterocycles. The fraction of sp³-hybridized carbons (Fsp3) is 0.571. The van der Waals surface area contributed by atoms with Crippen LogP contribution in [0.5, 0.6) is 0 Å². The molecule has 0 radical (unpaired) electrons. The number of fused-ring (bicyclic) bond motifs is 7. The first kappa shape index (κ1) is 33.2. The predicted octanol–water partition coefficient (Wildman–Crippen LogP) is -0.120. The van der Waals surface area contributed by atoms with E-state index in [1.54, 1.807) is 27.7 Å². The Labute approximate surface area is 253 Å². The normalized spacial score (nSPS) is 27.2. The summed E-state index contributed by atoms with van der Waals surface area (Å²) in [5.41, 5.74) is 0.786. The zero-order valence-electron chi connectivity index (χ0n) is 24.2. The molecule has 0 unspecified atom stereocenters. The van der Waals surface area contributed by atoms with E-state index in [0.717, 1.165) is 5.56 Å². The number of benzene rings is 1. The van der Waals surface area contributed by atoms with Crippen LogP contribution in [0.1, 0.15) is 39.7 Å². The Morgan fingerprint density at radius 2 is 1.31 bits per heavy atom. The Morgan fingerprint density at radius 3 is 1.95 bits per heavy atom. The molecule has 1 aromatic carbocycles. The summed E-state index contributed by atoms with van der Waals surface area (Å²) in [7, 11) is 2.73. The molecule has 1 aromatic rings. The van der Waals surface area contributed by atoms with Gasteiger partial charge < -0.3 is 31.9 Å². The summed E-state index contributed by atoms with van der Waals surface area (Å²) >= 11 is 0. The van der Waals surface area contributed by atoms with Crippen molar-refractivity contribution < 1.29 is 28.8 Å². The van der Waals surface area contributed by atoms with Crippen molar-refractivity contribution in [3.63, 3.8) is 0 Å². The van der Waals surface area contributed by atoms with Crippen molar-refractivity contribution in [3.8, 4) is 0 Å². The van der Waals surface area contributed by atoms with Crippen LogP contribution in [0.3, 0.4) is 0 Å². The van der Waals surface area contributed by atoms with E-state index in [1.807, 2.05) is 30.3 Å². The number of carbonyl (C=O) groups excluding carboxylic acids is 6. The van der Waals surface area contributed by atoms with Gasteiger partial charge in [0, 0.05) is 24.5 Å². The minimum atomic E-state index is -1.24. The minimum absolute atomic E-state index is 0.142. The highest BCUT2D eigenvalue weighted by molar-refractivity contribution is 8.76. The number of rotatable bonds is 4. The molecule has 42 heavy (non-hydrogen) atoms. The van der Waals surface area contributed by atoms with E-state index < -0.39 is 72.1 Å². The van der Waals surface area contributed by atoms with Gasteiger partial charge >= 0.3 is 0 Å². The fourth-order valence-corrected chi connectivity index (χ4v) is 6.57. The minimum Gasteiger partial charge on any atom is -0.353 e. The maximum absolute atomic E-state index is 13.6. The van der Waals surface area contributed by atoms with Crippen molar-refractivity contribution in [3.05, 3.63) is 35.9 Å². The lowest BCUT2D eigenvalue weighted by Crippen LogP contribution is -2.62. The summed E-state index contributed by atoms with van der Waals surface area (Å²) in [6.07, 6.45) is -0.279. The number of hydrogen-bond donors (Lipinski definition) is 6. The average Bonchev–Trinajstić information content (AvgIpc) is 2.94. The Bertz CT molecular complexity index is 1150. The Balaban J connectivity index is 2.08. The van der Waals surface area contributed by atoms with Crippen LogP contribution in [0, 0.1) is 11.8 Å². The number of nitrogens with one attached hydrogen (secondary N) is 6. The summed E-state index contributed by atoms with van der Waals surface area (Å²) in [5.74, 6) is -3.64. The SMILES string of the molecule is CC(C)[C@@H]1NC(=O)[C@H](Cc2ccccc2)NC(=O)[C@H]2CSSCCNC(=O)[C@H](CC(=O)N[C@H](C(C)C)C(=O)N2)NC1=O. The summed E-state index contributed by atoms with van der Waals surface area (Å²) in [6, 6.07) is 3.74. The molecule has 2 fully saturated rings. The summed E-state index contributed by atoms with van der Waals surface area (Å²) < 4.78 is 0. The Kier molecular flexibility index (Phi) is 12.5. The third-order valence-corrected chi connectivity index (χ3v) is 9.30. The molecule has 6 amide bonds. The molecule has 5 atom stereocenters. The first-order valence-electron chi connectivity index (χ1n) is 14.0. The molecular weight excluding hydrogens is 580 g/mol. The fourth-order valence-electron chi connectivity index (χ4n) is 4.50. The molecule has 12 nitrogen and oxygen atoms in total. The molecule has 0 aromatic heterocycles. The summed E-state index contributed by atoms with van der Waals surface area (Å²) in [4.78, 5) is 80.3. The highest BCUT2D eigenvalue weighted by Gasteiger charge is 2.36. The molecule has 2 saturated heterocycles. The third kappa shape index (κ3) is 9.65. The van der Waals surface area contributed by atoms with Gasteiger partial charge in [0.2, 0.25) is 35.4 Å². The number of hydrogen-bond acceptors (Lipinski definition) is 8. The lowest BCUT2D eigenvalue weighted by molar-refractivity contribution is -0.137. The van der Waals surface area contributed by atoms with E-state index in [4.69, 9.17) is 0 Å². The molecule has 6 N–H and O–H groups in total. The zero-order valence-corrected chi connectivity index (χ0v) is 25.9. The van der Waals surface area contributed by atoms with E-state index >= 15 is 0 Å². The van der Waals surface area contributed by atoms with Crippen LogP contribution in [0.2, 0.25) is 0 Å². The van der Waals surface area contributed by atoms with Crippen LogP contribution < -0.4 is 31.9 Å². The molecule has 2 bridgehead atoms. The van der Waals surface area contributed by atoms with E-state index in [-0.39, 0.29) is 30.6 Å². The third-order valence-electron chi connectivity index (χ3n) is 6.89. The lowest BCUT2D eigenvalue weighted by Gasteiger charge is -2.30. The number of carbonyl (C=O) groups is 6. The maximum Gasteiger partial charge on any atom is 0.244 e. The molecule has 0 spiro atoms. The molecule has 14 heteroatoms. The van der Waals surface area contributed by atoms with Gasteiger partial charge in [-0.3, -0.25) is 28.8 Å². The van der Waals surface area contributed by atoms with Gasteiger partial charge in [-0.1, -0.05) is 79.6 Å². The van der Waals surface area contributed by atoms with E-state index in [0.29, 0.717) is 5.75 Å². The monoisotopic (exact) mass is 620 g/mol. The highest BCUT2D eigenvalue weighted by Crippen LogP contribution is 2.22. The van der Waals surface area contributed by atoms with Gasteiger partial charge in [0.25, 0.3) is 0 Å². The highest BCUT2D eigenvalue weighted by atomic mass is 33.1. The maximum atomic E-state index is 13.6. The van der Waals surface area contributed by atoms with Crippen LogP contribution in [0.25, 0.3) is 0 Å². The predicted molar refractivity (Wildman–Crippen MR) is 162 cm³/mol. The molecular formula is C28H40N6O6S2. The first-order valence-corrected chi connectivity index (χ1v) is 16.5.